The molecule has 13 heavy (non-hydrogen) atoms. The van der Waals surface area contributed by atoms with E-state index in [4.69, 9.17) is 17.3 Å². The van der Waals surface area contributed by atoms with Gasteiger partial charge in [0.2, 0.25) is 0 Å². The number of halogens is 1. The van der Waals surface area contributed by atoms with E-state index in [0.29, 0.717) is 16.1 Å². The summed E-state index contributed by atoms with van der Waals surface area (Å²) in [6, 6.07) is 5.04. The van der Waals surface area contributed by atoms with E-state index in [-0.39, 0.29) is 5.56 Å². The Bertz CT molecular complexity index is 518. The van der Waals surface area contributed by atoms with Gasteiger partial charge in [0, 0.05) is 11.6 Å². The summed E-state index contributed by atoms with van der Waals surface area (Å²) in [4.78, 5) is 13.9. The maximum Gasteiger partial charge on any atom is 0.255 e. The molecule has 0 spiro atoms. The Morgan fingerprint density at radius 3 is 2.92 bits per heavy atom. The Balaban J connectivity index is 2.97. The predicted molar refractivity (Wildman–Crippen MR) is 54.0 cm³/mol. The number of H-pyrrole nitrogens is 1. The number of rotatable bonds is 0. The van der Waals surface area contributed by atoms with Gasteiger partial charge in [-0.3, -0.25) is 4.79 Å². The molecule has 0 bridgehead atoms. The maximum absolute atomic E-state index is 11.3. The molecule has 0 saturated carbocycles. The van der Waals surface area contributed by atoms with Gasteiger partial charge in [0.15, 0.2) is 0 Å². The minimum Gasteiger partial charge on any atom is -0.398 e. The Morgan fingerprint density at radius 2 is 2.15 bits per heavy atom. The van der Waals surface area contributed by atoms with E-state index in [1.807, 2.05) is 0 Å². The van der Waals surface area contributed by atoms with Crippen molar-refractivity contribution in [3.8, 4) is 0 Å². The largest absolute Gasteiger partial charge is 0.398 e. The summed E-state index contributed by atoms with van der Waals surface area (Å²) in [5.74, 6) is 0. The van der Waals surface area contributed by atoms with Gasteiger partial charge >= 0.3 is 0 Å². The van der Waals surface area contributed by atoms with Crippen LogP contribution in [-0.2, 0) is 0 Å². The smallest absolute Gasteiger partial charge is 0.255 e. The molecule has 0 atom stereocenters. The highest BCUT2D eigenvalue weighted by atomic mass is 35.5. The fourth-order valence-electron chi connectivity index (χ4n) is 1.23. The van der Waals surface area contributed by atoms with Crippen molar-refractivity contribution in [2.24, 2.45) is 0 Å². The summed E-state index contributed by atoms with van der Waals surface area (Å²) in [7, 11) is 0. The number of nitrogens with one attached hydrogen (secondary N) is 1. The van der Waals surface area contributed by atoms with E-state index in [2.05, 4.69) is 4.98 Å². The molecule has 3 nitrogen and oxygen atoms in total. The molecule has 0 aliphatic rings. The maximum atomic E-state index is 11.3. The van der Waals surface area contributed by atoms with Gasteiger partial charge in [-0.1, -0.05) is 11.6 Å². The van der Waals surface area contributed by atoms with E-state index < -0.39 is 0 Å². The van der Waals surface area contributed by atoms with Crippen molar-refractivity contribution in [3.63, 3.8) is 0 Å². The molecule has 66 valence electrons. The standard InChI is InChI=1S/C9H7ClN2O/c10-7-4-6-5(3-8(7)11)1-2-12-9(6)13/h1-4H,11H2,(H,12,13). The predicted octanol–water partition coefficient (Wildman–Crippen LogP) is 1.76. The Labute approximate surface area is 79.1 Å². The first-order chi connectivity index (χ1) is 6.18. The third kappa shape index (κ3) is 1.27. The molecule has 0 unspecified atom stereocenters. The number of nitrogen functional groups attached to an aromatic ring is 1. The van der Waals surface area contributed by atoms with Gasteiger partial charge in [0.05, 0.1) is 10.7 Å². The Kier molecular flexibility index (Phi) is 1.74. The van der Waals surface area contributed by atoms with Crippen LogP contribution in [0.25, 0.3) is 10.8 Å². The van der Waals surface area contributed by atoms with E-state index in [0.717, 1.165) is 5.39 Å². The summed E-state index contributed by atoms with van der Waals surface area (Å²) in [5.41, 5.74) is 5.92. The van der Waals surface area contributed by atoms with Gasteiger partial charge in [-0.05, 0) is 23.6 Å². The quantitative estimate of drug-likeness (QED) is 0.628. The molecular weight excluding hydrogens is 188 g/mol. The molecular formula is C9H7ClN2O. The third-order valence-corrected chi connectivity index (χ3v) is 2.22. The highest BCUT2D eigenvalue weighted by Crippen LogP contribution is 2.23. The van der Waals surface area contributed by atoms with Crippen LogP contribution in [0.15, 0.2) is 29.2 Å². The average molecular weight is 195 g/mol. The lowest BCUT2D eigenvalue weighted by atomic mass is 10.1. The first-order valence-corrected chi connectivity index (χ1v) is 4.13. The van der Waals surface area contributed by atoms with Crippen LogP contribution in [0.3, 0.4) is 0 Å². The molecule has 1 aromatic heterocycles. The fourth-order valence-corrected chi connectivity index (χ4v) is 1.39. The topological polar surface area (TPSA) is 58.9 Å². The Morgan fingerprint density at radius 1 is 1.38 bits per heavy atom. The van der Waals surface area contributed by atoms with E-state index in [1.54, 1.807) is 24.4 Å². The zero-order chi connectivity index (χ0) is 9.42. The van der Waals surface area contributed by atoms with Crippen molar-refractivity contribution in [2.45, 2.75) is 0 Å². The van der Waals surface area contributed by atoms with Gasteiger partial charge in [-0.2, -0.15) is 0 Å². The molecule has 0 amide bonds. The summed E-state index contributed by atoms with van der Waals surface area (Å²) in [6.07, 6.45) is 1.58. The molecule has 0 saturated heterocycles. The highest BCUT2D eigenvalue weighted by Gasteiger charge is 2.01. The second-order valence-electron chi connectivity index (χ2n) is 2.77. The average Bonchev–Trinajstić information content (AvgIpc) is 2.09. The molecule has 0 radical (unpaired) electrons. The van der Waals surface area contributed by atoms with Crippen molar-refractivity contribution in [2.75, 3.05) is 5.73 Å². The number of pyridine rings is 1. The van der Waals surface area contributed by atoms with E-state index >= 15 is 0 Å². The summed E-state index contributed by atoms with van der Waals surface area (Å²) < 4.78 is 0. The zero-order valence-corrected chi connectivity index (χ0v) is 7.43. The number of fused-ring (bicyclic) bond motifs is 1. The summed E-state index contributed by atoms with van der Waals surface area (Å²) >= 11 is 5.78. The number of aromatic nitrogens is 1. The first-order valence-electron chi connectivity index (χ1n) is 3.75. The van der Waals surface area contributed by atoms with Gasteiger partial charge in [-0.15, -0.1) is 0 Å². The van der Waals surface area contributed by atoms with Crippen molar-refractivity contribution < 1.29 is 0 Å². The van der Waals surface area contributed by atoms with Crippen LogP contribution >= 0.6 is 11.6 Å². The minimum absolute atomic E-state index is 0.153. The number of anilines is 1. The lowest BCUT2D eigenvalue weighted by molar-refractivity contribution is 1.28. The monoisotopic (exact) mass is 194 g/mol. The van der Waals surface area contributed by atoms with Crippen LogP contribution in [0, 0.1) is 0 Å². The van der Waals surface area contributed by atoms with Gasteiger partial charge in [0.25, 0.3) is 5.56 Å². The van der Waals surface area contributed by atoms with Crippen molar-refractivity contribution >= 4 is 28.1 Å². The lowest BCUT2D eigenvalue weighted by Crippen LogP contribution is -2.04. The normalized spacial score (nSPS) is 10.5. The molecule has 3 N–H and O–H groups in total. The Hall–Kier alpha value is -1.48. The molecule has 4 heteroatoms. The number of aromatic amines is 1. The van der Waals surface area contributed by atoms with Crippen LogP contribution in [-0.4, -0.2) is 4.98 Å². The number of hydrogen-bond donors (Lipinski definition) is 2. The van der Waals surface area contributed by atoms with Crippen LogP contribution in [0.1, 0.15) is 0 Å². The van der Waals surface area contributed by atoms with Crippen molar-refractivity contribution in [3.05, 3.63) is 39.8 Å². The molecule has 0 aliphatic heterocycles. The molecule has 1 aromatic carbocycles. The number of nitrogens with two attached hydrogens (primary N) is 1. The molecule has 1 heterocycles. The number of benzene rings is 1. The zero-order valence-electron chi connectivity index (χ0n) is 6.67. The molecule has 2 aromatic rings. The first kappa shape index (κ1) is 8.13. The number of hydrogen-bond acceptors (Lipinski definition) is 2. The highest BCUT2D eigenvalue weighted by molar-refractivity contribution is 6.33. The van der Waals surface area contributed by atoms with Gasteiger partial charge < -0.3 is 10.7 Å². The van der Waals surface area contributed by atoms with Crippen molar-refractivity contribution in [1.82, 2.24) is 4.98 Å². The summed E-state index contributed by atoms with van der Waals surface area (Å²) in [5, 5.41) is 1.76. The molecule has 2 rings (SSSR count). The molecule has 0 fully saturated rings. The van der Waals surface area contributed by atoms with Gasteiger partial charge in [-0.25, -0.2) is 0 Å². The molecule has 0 aliphatic carbocycles. The van der Waals surface area contributed by atoms with Crippen LogP contribution in [0.2, 0.25) is 5.02 Å². The van der Waals surface area contributed by atoms with Crippen LogP contribution in [0.5, 0.6) is 0 Å². The summed E-state index contributed by atoms with van der Waals surface area (Å²) in [6.45, 7) is 0. The van der Waals surface area contributed by atoms with Crippen molar-refractivity contribution in [1.29, 1.82) is 0 Å². The lowest BCUT2D eigenvalue weighted by Gasteiger charge is -2.00. The second-order valence-corrected chi connectivity index (χ2v) is 3.17. The van der Waals surface area contributed by atoms with Crippen LogP contribution in [0.4, 0.5) is 5.69 Å². The van der Waals surface area contributed by atoms with Gasteiger partial charge in [0.1, 0.15) is 0 Å². The second kappa shape index (κ2) is 2.78. The van der Waals surface area contributed by atoms with E-state index in [9.17, 15) is 4.79 Å². The van der Waals surface area contributed by atoms with Crippen LogP contribution < -0.4 is 11.3 Å². The fraction of sp³-hybridized carbons (Fsp3) is 0. The third-order valence-electron chi connectivity index (χ3n) is 1.89. The minimum atomic E-state index is -0.153. The van der Waals surface area contributed by atoms with E-state index in [1.165, 1.54) is 0 Å². The SMILES string of the molecule is Nc1cc2cc[nH]c(=O)c2cc1Cl.